The summed E-state index contributed by atoms with van der Waals surface area (Å²) in [5.41, 5.74) is 0. The summed E-state index contributed by atoms with van der Waals surface area (Å²) in [4.78, 5) is 11.0. The molecule has 18 heavy (non-hydrogen) atoms. The van der Waals surface area contributed by atoms with Gasteiger partial charge >= 0.3 is 5.97 Å². The van der Waals surface area contributed by atoms with Crippen LogP contribution >= 0.6 is 27.3 Å². The van der Waals surface area contributed by atoms with Gasteiger partial charge in [-0.3, -0.25) is 0 Å². The predicted octanol–water partition coefficient (Wildman–Crippen LogP) is 0.985. The fourth-order valence-electron chi connectivity index (χ4n) is 1.59. The Morgan fingerprint density at radius 1 is 1.56 bits per heavy atom. The monoisotopic (exact) mass is 355 g/mol. The second kappa shape index (κ2) is 5.25. The number of hydrogen-bond donors (Lipinski definition) is 1. The van der Waals surface area contributed by atoms with Crippen LogP contribution < -0.4 is 0 Å². The third-order valence-corrected chi connectivity index (χ3v) is 6.52. The minimum absolute atomic E-state index is 0.0813. The lowest BCUT2D eigenvalue weighted by Crippen LogP contribution is -2.48. The van der Waals surface area contributed by atoms with Crippen LogP contribution in [0.3, 0.4) is 0 Å². The molecule has 1 aromatic heterocycles. The molecule has 0 saturated carbocycles. The number of hydrogen-bond acceptors (Lipinski definition) is 5. The molecular weight excluding hydrogens is 346 g/mol. The molecular formula is C9H10BrNO5S2. The zero-order chi connectivity index (χ0) is 13.3. The molecule has 1 unspecified atom stereocenters. The molecule has 6 nitrogen and oxygen atoms in total. The van der Waals surface area contributed by atoms with E-state index in [1.807, 2.05) is 0 Å². The Morgan fingerprint density at radius 2 is 2.28 bits per heavy atom. The van der Waals surface area contributed by atoms with Crippen LogP contribution in [0.15, 0.2) is 20.1 Å². The second-order valence-corrected chi connectivity index (χ2v) is 7.15. The molecule has 0 aromatic carbocycles. The highest BCUT2D eigenvalue weighted by Crippen LogP contribution is 2.29. The van der Waals surface area contributed by atoms with E-state index in [1.165, 1.54) is 16.7 Å². The second-order valence-electron chi connectivity index (χ2n) is 3.64. The van der Waals surface area contributed by atoms with Crippen molar-refractivity contribution in [1.29, 1.82) is 0 Å². The number of carboxylic acid groups (broad SMARTS) is 1. The van der Waals surface area contributed by atoms with Crippen molar-refractivity contribution < 1.29 is 23.1 Å². The van der Waals surface area contributed by atoms with Crippen molar-refractivity contribution in [2.45, 2.75) is 11.0 Å². The van der Waals surface area contributed by atoms with E-state index in [0.29, 0.717) is 4.47 Å². The first-order chi connectivity index (χ1) is 8.43. The van der Waals surface area contributed by atoms with Gasteiger partial charge < -0.3 is 9.84 Å². The topological polar surface area (TPSA) is 83.9 Å². The first-order valence-corrected chi connectivity index (χ1v) is 8.17. The lowest BCUT2D eigenvalue weighted by Gasteiger charge is -2.29. The lowest BCUT2D eigenvalue weighted by atomic mass is 10.3. The van der Waals surface area contributed by atoms with Gasteiger partial charge in [0.1, 0.15) is 4.90 Å². The maximum atomic E-state index is 12.3. The van der Waals surface area contributed by atoms with Gasteiger partial charge in [0.2, 0.25) is 10.0 Å². The number of aliphatic carboxylic acids is 1. The summed E-state index contributed by atoms with van der Waals surface area (Å²) in [6.45, 7) is 0.0757. The van der Waals surface area contributed by atoms with Gasteiger partial charge in [-0.1, -0.05) is 0 Å². The van der Waals surface area contributed by atoms with E-state index in [9.17, 15) is 13.2 Å². The quantitative estimate of drug-likeness (QED) is 0.873. The number of carboxylic acids is 1. The molecule has 0 aliphatic carbocycles. The Bertz CT molecular complexity index is 555. The molecule has 1 fully saturated rings. The number of sulfonamides is 1. The average Bonchev–Trinajstić information content (AvgIpc) is 2.76. The van der Waals surface area contributed by atoms with Gasteiger partial charge in [-0.2, -0.15) is 4.31 Å². The highest BCUT2D eigenvalue weighted by molar-refractivity contribution is 9.10. The number of halogens is 1. The molecule has 2 heterocycles. The van der Waals surface area contributed by atoms with E-state index >= 15 is 0 Å². The predicted molar refractivity (Wildman–Crippen MR) is 68.2 cm³/mol. The number of morpholine rings is 1. The Morgan fingerprint density at radius 3 is 2.83 bits per heavy atom. The van der Waals surface area contributed by atoms with Crippen molar-refractivity contribution in [3.05, 3.63) is 15.2 Å². The average molecular weight is 356 g/mol. The van der Waals surface area contributed by atoms with Crippen molar-refractivity contribution in [2.75, 3.05) is 19.7 Å². The van der Waals surface area contributed by atoms with E-state index in [1.54, 1.807) is 5.38 Å². The summed E-state index contributed by atoms with van der Waals surface area (Å²) in [6.07, 6.45) is -1.11. The zero-order valence-electron chi connectivity index (χ0n) is 9.08. The van der Waals surface area contributed by atoms with E-state index in [2.05, 4.69) is 15.9 Å². The van der Waals surface area contributed by atoms with Crippen LogP contribution in [0, 0.1) is 0 Å². The molecule has 1 N–H and O–H groups in total. The molecule has 0 bridgehead atoms. The molecule has 0 spiro atoms. The van der Waals surface area contributed by atoms with Gasteiger partial charge in [-0.25, -0.2) is 13.2 Å². The third kappa shape index (κ3) is 2.59. The molecule has 100 valence electrons. The van der Waals surface area contributed by atoms with Crippen LogP contribution in [-0.4, -0.2) is 49.6 Å². The minimum atomic E-state index is -3.66. The summed E-state index contributed by atoms with van der Waals surface area (Å²) in [7, 11) is -3.66. The molecule has 0 amide bonds. The number of rotatable bonds is 3. The first-order valence-electron chi connectivity index (χ1n) is 4.99. The lowest BCUT2D eigenvalue weighted by molar-refractivity contribution is -0.153. The Kier molecular flexibility index (Phi) is 4.07. The van der Waals surface area contributed by atoms with Crippen molar-refractivity contribution in [3.63, 3.8) is 0 Å². The van der Waals surface area contributed by atoms with Crippen molar-refractivity contribution in [3.8, 4) is 0 Å². The molecule has 1 aliphatic heterocycles. The van der Waals surface area contributed by atoms with Crippen molar-refractivity contribution >= 4 is 43.3 Å². The highest BCUT2D eigenvalue weighted by Gasteiger charge is 2.35. The zero-order valence-corrected chi connectivity index (χ0v) is 12.3. The van der Waals surface area contributed by atoms with E-state index in [4.69, 9.17) is 9.84 Å². The van der Waals surface area contributed by atoms with Crippen LogP contribution in [0.1, 0.15) is 0 Å². The van der Waals surface area contributed by atoms with Gasteiger partial charge in [-0.05, 0) is 15.9 Å². The van der Waals surface area contributed by atoms with Crippen molar-refractivity contribution in [1.82, 2.24) is 4.31 Å². The molecule has 1 aliphatic rings. The smallest absolute Gasteiger partial charge is 0.334 e. The molecule has 1 atom stereocenters. The van der Waals surface area contributed by atoms with E-state index in [0.717, 1.165) is 4.31 Å². The summed E-state index contributed by atoms with van der Waals surface area (Å²) in [6, 6.07) is 0. The number of thiophene rings is 1. The molecule has 0 radical (unpaired) electrons. The summed E-state index contributed by atoms with van der Waals surface area (Å²) < 4.78 is 31.2. The Labute approximate surface area is 116 Å². The highest BCUT2D eigenvalue weighted by atomic mass is 79.9. The minimum Gasteiger partial charge on any atom is -0.479 e. The first kappa shape index (κ1) is 13.9. The maximum Gasteiger partial charge on any atom is 0.334 e. The largest absolute Gasteiger partial charge is 0.479 e. The normalized spacial score (nSPS) is 21.9. The number of nitrogens with zero attached hydrogens (tertiary/aromatic N) is 1. The van der Waals surface area contributed by atoms with Gasteiger partial charge in [0.25, 0.3) is 0 Å². The maximum absolute atomic E-state index is 12.3. The van der Waals surface area contributed by atoms with Crippen LogP contribution in [0.4, 0.5) is 0 Å². The SMILES string of the molecule is O=C(O)C1CN(S(=O)(=O)c2cscc2Br)CCO1. The van der Waals surface area contributed by atoms with E-state index in [-0.39, 0.29) is 24.6 Å². The van der Waals surface area contributed by atoms with E-state index < -0.39 is 22.1 Å². The van der Waals surface area contributed by atoms with Gasteiger partial charge in [0.15, 0.2) is 6.10 Å². The summed E-state index contributed by atoms with van der Waals surface area (Å²) >= 11 is 4.43. The summed E-state index contributed by atoms with van der Waals surface area (Å²) in [5.74, 6) is -1.15. The van der Waals surface area contributed by atoms with Gasteiger partial charge in [-0.15, -0.1) is 11.3 Å². The van der Waals surface area contributed by atoms with Crippen LogP contribution in [0.2, 0.25) is 0 Å². The van der Waals surface area contributed by atoms with Crippen LogP contribution in [-0.2, 0) is 19.6 Å². The standard InChI is InChI=1S/C9H10BrNO5S2/c10-6-4-17-5-8(6)18(14,15)11-1-2-16-7(3-11)9(12)13/h4-5,7H,1-3H2,(H,12,13). The van der Waals surface area contributed by atoms with Crippen LogP contribution in [0.25, 0.3) is 0 Å². The summed E-state index contributed by atoms with van der Waals surface area (Å²) in [5, 5.41) is 12.0. The van der Waals surface area contributed by atoms with Crippen molar-refractivity contribution in [2.24, 2.45) is 0 Å². The fourth-order valence-corrected chi connectivity index (χ4v) is 5.31. The van der Waals surface area contributed by atoms with Crippen LogP contribution in [0.5, 0.6) is 0 Å². The molecule has 9 heteroatoms. The molecule has 1 aromatic rings. The number of carbonyl (C=O) groups is 1. The Balaban J connectivity index is 2.26. The Hall–Kier alpha value is -0.480. The fraction of sp³-hybridized carbons (Fsp3) is 0.444. The number of ether oxygens (including phenoxy) is 1. The van der Waals surface area contributed by atoms with Gasteiger partial charge in [0.05, 0.1) is 13.2 Å². The van der Waals surface area contributed by atoms with Gasteiger partial charge in [0, 0.05) is 21.8 Å². The molecule has 1 saturated heterocycles. The third-order valence-electron chi connectivity index (χ3n) is 2.50. The molecule has 2 rings (SSSR count).